The van der Waals surface area contributed by atoms with Crippen LogP contribution in [-0.2, 0) is 20.7 Å². The van der Waals surface area contributed by atoms with Crippen LogP contribution in [0.1, 0.15) is 47.6 Å². The summed E-state index contributed by atoms with van der Waals surface area (Å²) >= 11 is 0. The molecule has 1 N–H and O–H groups in total. The topological polar surface area (TPSA) is 108 Å². The molecule has 1 unspecified atom stereocenters. The number of ether oxygens (including phenoxy) is 2. The van der Waals surface area contributed by atoms with Crippen molar-refractivity contribution >= 4 is 40.5 Å². The maximum Gasteiger partial charge on any atom is 0.413 e. The Morgan fingerprint density at radius 1 is 1.15 bits per heavy atom. The van der Waals surface area contributed by atoms with Crippen molar-refractivity contribution in [3.63, 3.8) is 0 Å². The Morgan fingerprint density at radius 2 is 1.97 bits per heavy atom. The van der Waals surface area contributed by atoms with Gasteiger partial charge in [-0.05, 0) is 61.1 Å². The lowest BCUT2D eigenvalue weighted by atomic mass is 9.81. The number of fused-ring (bicyclic) bond motifs is 2. The molecular weight excluding hydrogens is 424 g/mol. The molecule has 8 heteroatoms. The Kier molecular flexibility index (Phi) is 6.53. The first-order valence-corrected chi connectivity index (χ1v) is 10.8. The predicted molar refractivity (Wildman–Crippen MR) is 121 cm³/mol. The van der Waals surface area contributed by atoms with Gasteiger partial charge in [0.05, 0.1) is 29.6 Å². The molecule has 2 amide bonds. The molecule has 8 nitrogen and oxygen atoms in total. The van der Waals surface area contributed by atoms with Gasteiger partial charge in [-0.2, -0.15) is 0 Å². The summed E-state index contributed by atoms with van der Waals surface area (Å²) in [5.74, 6) is -0.434. The monoisotopic (exact) mass is 448 g/mol. The van der Waals surface area contributed by atoms with E-state index in [1.165, 1.54) is 0 Å². The largest absolute Gasteiger partial charge is 0.465 e. The number of carbonyl (C=O) groups is 3. The summed E-state index contributed by atoms with van der Waals surface area (Å²) in [5.41, 5.74) is 3.52. The first kappa shape index (κ1) is 22.3. The second kappa shape index (κ2) is 9.68. The van der Waals surface area contributed by atoms with Crippen LogP contribution in [0.3, 0.4) is 0 Å². The van der Waals surface area contributed by atoms with E-state index in [2.05, 4.69) is 11.7 Å². The number of benzene rings is 1. The molecule has 1 aliphatic carbocycles. The Hall–Kier alpha value is -3.94. The summed E-state index contributed by atoms with van der Waals surface area (Å²) < 4.78 is 15.5. The van der Waals surface area contributed by atoms with Crippen molar-refractivity contribution in [1.82, 2.24) is 10.3 Å². The van der Waals surface area contributed by atoms with Gasteiger partial charge in [-0.1, -0.05) is 25.1 Å². The highest BCUT2D eigenvalue weighted by Gasteiger charge is 2.29. The number of hydrogen-bond donors (Lipinski definition) is 1. The standard InChI is InChI=1S/C25H24N2O6/c1-3-31-25(30)27-21(28)14-33-24(29)22-18-8-4-5-9-20(18)26-23-16(11-15(2)12-19(22)23)13-17-7-6-10-32-17/h4-10,13,15H,3,11-12,14H2,1-2H3,(H,27,28,30)/b16-13-. The number of pyridine rings is 1. The lowest BCUT2D eigenvalue weighted by Gasteiger charge is -2.26. The Labute approximate surface area is 190 Å². The third kappa shape index (κ3) is 4.95. The van der Waals surface area contributed by atoms with Gasteiger partial charge < -0.3 is 13.9 Å². The zero-order chi connectivity index (χ0) is 23.4. The van der Waals surface area contributed by atoms with Gasteiger partial charge in [0.15, 0.2) is 6.61 Å². The van der Waals surface area contributed by atoms with Crippen molar-refractivity contribution in [2.75, 3.05) is 13.2 Å². The minimum Gasteiger partial charge on any atom is -0.465 e. The number of amides is 2. The molecule has 3 aromatic rings. The molecule has 2 aromatic heterocycles. The Bertz CT molecular complexity index is 1230. The van der Waals surface area contributed by atoms with E-state index in [4.69, 9.17) is 14.1 Å². The highest BCUT2D eigenvalue weighted by atomic mass is 16.6. The number of carbonyl (C=O) groups excluding carboxylic acids is 3. The molecule has 0 spiro atoms. The normalized spacial score (nSPS) is 16.3. The highest BCUT2D eigenvalue weighted by molar-refractivity contribution is 6.07. The van der Waals surface area contributed by atoms with Gasteiger partial charge >= 0.3 is 12.1 Å². The molecule has 33 heavy (non-hydrogen) atoms. The number of furan rings is 1. The van der Waals surface area contributed by atoms with Crippen LogP contribution in [0.25, 0.3) is 22.6 Å². The molecule has 4 rings (SSSR count). The number of para-hydroxylation sites is 1. The Balaban J connectivity index is 1.71. The smallest absolute Gasteiger partial charge is 0.413 e. The number of rotatable bonds is 5. The first-order valence-electron chi connectivity index (χ1n) is 10.8. The van der Waals surface area contributed by atoms with Crippen LogP contribution in [0, 0.1) is 5.92 Å². The second-order valence-electron chi connectivity index (χ2n) is 7.87. The van der Waals surface area contributed by atoms with E-state index in [9.17, 15) is 14.4 Å². The van der Waals surface area contributed by atoms with E-state index in [-0.39, 0.29) is 12.5 Å². The molecule has 0 aliphatic heterocycles. The molecule has 0 fully saturated rings. The van der Waals surface area contributed by atoms with Gasteiger partial charge in [0.2, 0.25) is 0 Å². The van der Waals surface area contributed by atoms with Crippen molar-refractivity contribution in [3.8, 4) is 0 Å². The van der Waals surface area contributed by atoms with Crippen LogP contribution in [0.15, 0.2) is 47.1 Å². The van der Waals surface area contributed by atoms with Crippen LogP contribution in [0.5, 0.6) is 0 Å². The minimum atomic E-state index is -0.883. The summed E-state index contributed by atoms with van der Waals surface area (Å²) in [7, 11) is 0. The molecule has 1 aromatic carbocycles. The van der Waals surface area contributed by atoms with Crippen molar-refractivity contribution in [3.05, 3.63) is 65.2 Å². The molecule has 0 saturated carbocycles. The average Bonchev–Trinajstić information content (AvgIpc) is 3.29. The van der Waals surface area contributed by atoms with Crippen molar-refractivity contribution in [2.24, 2.45) is 5.92 Å². The van der Waals surface area contributed by atoms with Crippen molar-refractivity contribution in [1.29, 1.82) is 0 Å². The van der Waals surface area contributed by atoms with Crippen LogP contribution in [-0.4, -0.2) is 36.2 Å². The summed E-state index contributed by atoms with van der Waals surface area (Å²) in [6.45, 7) is 3.25. The van der Waals surface area contributed by atoms with E-state index >= 15 is 0 Å². The summed E-state index contributed by atoms with van der Waals surface area (Å²) in [6.07, 6.45) is 4.10. The van der Waals surface area contributed by atoms with E-state index in [0.717, 1.165) is 23.3 Å². The van der Waals surface area contributed by atoms with Gasteiger partial charge in [-0.25, -0.2) is 14.6 Å². The summed E-state index contributed by atoms with van der Waals surface area (Å²) in [6, 6.07) is 11.0. The van der Waals surface area contributed by atoms with Gasteiger partial charge in [0.1, 0.15) is 5.76 Å². The van der Waals surface area contributed by atoms with Crippen molar-refractivity contribution in [2.45, 2.75) is 26.7 Å². The predicted octanol–water partition coefficient (Wildman–Crippen LogP) is 4.38. The van der Waals surface area contributed by atoms with E-state index in [1.807, 2.05) is 47.8 Å². The number of hydrogen-bond acceptors (Lipinski definition) is 7. The quantitative estimate of drug-likeness (QED) is 0.577. The number of nitrogens with one attached hydrogen (secondary N) is 1. The summed E-state index contributed by atoms with van der Waals surface area (Å²) in [4.78, 5) is 41.4. The van der Waals surface area contributed by atoms with Crippen molar-refractivity contribution < 1.29 is 28.3 Å². The van der Waals surface area contributed by atoms with Gasteiger partial charge in [-0.3, -0.25) is 10.1 Å². The fourth-order valence-electron chi connectivity index (χ4n) is 4.03. The summed E-state index contributed by atoms with van der Waals surface area (Å²) in [5, 5.41) is 2.67. The number of aromatic nitrogens is 1. The molecule has 170 valence electrons. The van der Waals surface area contributed by atoms with E-state index in [1.54, 1.807) is 13.2 Å². The number of allylic oxidation sites excluding steroid dienone is 1. The van der Waals surface area contributed by atoms with Crippen LogP contribution >= 0.6 is 0 Å². The average molecular weight is 448 g/mol. The number of imide groups is 1. The van der Waals surface area contributed by atoms with Crippen LogP contribution in [0.4, 0.5) is 4.79 Å². The highest BCUT2D eigenvalue weighted by Crippen LogP contribution is 2.38. The zero-order valence-corrected chi connectivity index (χ0v) is 18.4. The molecule has 0 saturated heterocycles. The third-order valence-corrected chi connectivity index (χ3v) is 5.33. The van der Waals surface area contributed by atoms with E-state index in [0.29, 0.717) is 28.6 Å². The third-order valence-electron chi connectivity index (χ3n) is 5.33. The lowest BCUT2D eigenvalue weighted by molar-refractivity contribution is -0.123. The first-order chi connectivity index (χ1) is 16.0. The number of alkyl carbamates (subject to hydrolysis) is 1. The number of esters is 1. The second-order valence-corrected chi connectivity index (χ2v) is 7.87. The zero-order valence-electron chi connectivity index (χ0n) is 18.4. The van der Waals surface area contributed by atoms with Crippen LogP contribution in [0.2, 0.25) is 0 Å². The lowest BCUT2D eigenvalue weighted by Crippen LogP contribution is -2.34. The molecule has 1 atom stereocenters. The minimum absolute atomic E-state index is 0.125. The van der Waals surface area contributed by atoms with E-state index < -0.39 is 24.6 Å². The number of nitrogens with zero attached hydrogens (tertiary/aromatic N) is 1. The SMILES string of the molecule is CCOC(=O)NC(=O)COC(=O)c1c2c(nc3ccccc13)/C(=C\c1ccco1)CC(C)C2. The maximum absolute atomic E-state index is 13.2. The Morgan fingerprint density at radius 3 is 2.73 bits per heavy atom. The van der Waals surface area contributed by atoms with Gasteiger partial charge in [0.25, 0.3) is 5.91 Å². The van der Waals surface area contributed by atoms with Gasteiger partial charge in [-0.15, -0.1) is 0 Å². The van der Waals surface area contributed by atoms with Crippen LogP contribution < -0.4 is 5.32 Å². The maximum atomic E-state index is 13.2. The fourth-order valence-corrected chi connectivity index (χ4v) is 4.03. The van der Waals surface area contributed by atoms with Gasteiger partial charge in [0, 0.05) is 5.39 Å². The fraction of sp³-hybridized carbons (Fsp3) is 0.280. The molecule has 2 heterocycles. The molecule has 1 aliphatic rings. The molecular formula is C25H24N2O6. The molecule has 0 radical (unpaired) electrons. The molecule has 0 bridgehead atoms.